The van der Waals surface area contributed by atoms with E-state index in [1.54, 1.807) is 17.3 Å². The third kappa shape index (κ3) is 3.80. The number of fused-ring (bicyclic) bond motifs is 1. The molecular weight excluding hydrogens is 380 g/mol. The van der Waals surface area contributed by atoms with Crippen molar-refractivity contribution in [2.45, 2.75) is 13.2 Å². The lowest BCUT2D eigenvalue weighted by molar-refractivity contribution is -0.136. The summed E-state index contributed by atoms with van der Waals surface area (Å²) >= 11 is 6.10. The highest BCUT2D eigenvalue weighted by atomic mass is 35.5. The maximum atomic E-state index is 12.5. The molecule has 0 atom stereocenters. The summed E-state index contributed by atoms with van der Waals surface area (Å²) in [4.78, 5) is 35.3. The number of H-pyrrole nitrogens is 1. The summed E-state index contributed by atoms with van der Waals surface area (Å²) in [7, 11) is 0. The molecule has 3 aromatic rings. The van der Waals surface area contributed by atoms with Gasteiger partial charge in [0.25, 0.3) is 0 Å². The molecule has 1 aromatic carbocycles. The van der Waals surface area contributed by atoms with E-state index in [1.165, 1.54) is 4.90 Å². The first-order chi connectivity index (χ1) is 13.6. The number of pyridine rings is 1. The topological polar surface area (TPSA) is 78.5 Å². The number of nitrogens with zero attached hydrogens (tertiary/aromatic N) is 3. The van der Waals surface area contributed by atoms with Crippen molar-refractivity contribution in [1.29, 1.82) is 0 Å². The fraction of sp³-hybridized carbons (Fsp3) is 0.250. The number of carbonyl (C=O) groups is 2. The van der Waals surface area contributed by atoms with E-state index in [1.807, 2.05) is 36.4 Å². The van der Waals surface area contributed by atoms with Crippen molar-refractivity contribution >= 4 is 34.5 Å². The predicted molar refractivity (Wildman–Crippen MR) is 105 cm³/mol. The number of amides is 2. The smallest absolute Gasteiger partial charge is 0.410 e. The van der Waals surface area contributed by atoms with E-state index < -0.39 is 6.09 Å². The molecule has 1 aliphatic rings. The Kier molecular flexibility index (Phi) is 5.16. The molecule has 0 aliphatic carbocycles. The zero-order chi connectivity index (χ0) is 19.5. The summed E-state index contributed by atoms with van der Waals surface area (Å²) in [6.45, 7) is 1.46. The summed E-state index contributed by atoms with van der Waals surface area (Å²) in [5.41, 5.74) is 2.67. The number of carbonyl (C=O) groups excluding carboxylic acids is 2. The Hall–Kier alpha value is -3.06. The molecular formula is C20H19ClN4O3. The summed E-state index contributed by atoms with van der Waals surface area (Å²) in [6, 6.07) is 11.3. The quantitative estimate of drug-likeness (QED) is 0.684. The van der Waals surface area contributed by atoms with Crippen LogP contribution in [0.4, 0.5) is 4.79 Å². The van der Waals surface area contributed by atoms with Gasteiger partial charge < -0.3 is 14.6 Å². The summed E-state index contributed by atoms with van der Waals surface area (Å²) in [5, 5.41) is 1.26. The number of hydrogen-bond acceptors (Lipinski definition) is 4. The SMILES string of the molecule is O=C1CN(C(=O)OCc2ccccc2)CCN1Cc1cnc(Cl)c2cc[nH]c12. The van der Waals surface area contributed by atoms with E-state index in [4.69, 9.17) is 16.3 Å². The highest BCUT2D eigenvalue weighted by Gasteiger charge is 2.28. The van der Waals surface area contributed by atoms with Gasteiger partial charge in [0.05, 0.1) is 5.52 Å². The molecule has 3 heterocycles. The highest BCUT2D eigenvalue weighted by Crippen LogP contribution is 2.24. The van der Waals surface area contributed by atoms with Gasteiger partial charge in [0.15, 0.2) is 0 Å². The molecule has 2 aromatic heterocycles. The van der Waals surface area contributed by atoms with E-state index in [0.29, 0.717) is 24.8 Å². The highest BCUT2D eigenvalue weighted by molar-refractivity contribution is 6.34. The predicted octanol–water partition coefficient (Wildman–Crippen LogP) is 3.20. The van der Waals surface area contributed by atoms with Crippen LogP contribution < -0.4 is 0 Å². The monoisotopic (exact) mass is 398 g/mol. The van der Waals surface area contributed by atoms with Gasteiger partial charge >= 0.3 is 6.09 Å². The number of aromatic nitrogens is 2. The third-order valence-electron chi connectivity index (χ3n) is 4.77. The van der Waals surface area contributed by atoms with Crippen molar-refractivity contribution in [1.82, 2.24) is 19.8 Å². The fourth-order valence-electron chi connectivity index (χ4n) is 3.24. The van der Waals surface area contributed by atoms with Crippen LogP contribution in [0.5, 0.6) is 0 Å². The lowest BCUT2D eigenvalue weighted by atomic mass is 10.2. The first-order valence-electron chi connectivity index (χ1n) is 8.95. The van der Waals surface area contributed by atoms with Crippen molar-refractivity contribution in [2.24, 2.45) is 0 Å². The van der Waals surface area contributed by atoms with Crippen molar-refractivity contribution in [3.63, 3.8) is 0 Å². The standard InChI is InChI=1S/C20H19ClN4O3/c21-19-16-6-7-22-18(16)15(10-23-19)11-24-8-9-25(12-17(24)26)20(27)28-13-14-4-2-1-3-5-14/h1-7,10,22H,8-9,11-13H2. The van der Waals surface area contributed by atoms with E-state index in [2.05, 4.69) is 9.97 Å². The Morgan fingerprint density at radius 3 is 2.82 bits per heavy atom. The Morgan fingerprint density at radius 2 is 2.04 bits per heavy atom. The molecule has 1 fully saturated rings. The van der Waals surface area contributed by atoms with Gasteiger partial charge in [0.1, 0.15) is 18.3 Å². The second kappa shape index (κ2) is 7.90. The van der Waals surface area contributed by atoms with Gasteiger partial charge in [0, 0.05) is 43.0 Å². The number of rotatable bonds is 4. The summed E-state index contributed by atoms with van der Waals surface area (Å²) < 4.78 is 5.32. The number of benzene rings is 1. The largest absolute Gasteiger partial charge is 0.445 e. The second-order valence-corrected chi connectivity index (χ2v) is 6.98. The van der Waals surface area contributed by atoms with Crippen LogP contribution in [0.2, 0.25) is 5.15 Å². The van der Waals surface area contributed by atoms with Crippen molar-refractivity contribution < 1.29 is 14.3 Å². The third-order valence-corrected chi connectivity index (χ3v) is 5.07. The number of ether oxygens (including phenoxy) is 1. The minimum Gasteiger partial charge on any atom is -0.445 e. The number of halogens is 1. The van der Waals surface area contributed by atoms with Crippen LogP contribution in [-0.4, -0.2) is 51.4 Å². The maximum absolute atomic E-state index is 12.5. The van der Waals surface area contributed by atoms with Gasteiger partial charge in [0.2, 0.25) is 5.91 Å². The van der Waals surface area contributed by atoms with Gasteiger partial charge in [-0.3, -0.25) is 9.69 Å². The molecule has 4 rings (SSSR count). The molecule has 1 N–H and O–H groups in total. The molecule has 1 aliphatic heterocycles. The summed E-state index contributed by atoms with van der Waals surface area (Å²) in [6.07, 6.45) is 3.00. The fourth-order valence-corrected chi connectivity index (χ4v) is 3.45. The average Bonchev–Trinajstić information content (AvgIpc) is 3.21. The molecule has 0 saturated carbocycles. The zero-order valence-corrected chi connectivity index (χ0v) is 15.9. The molecule has 0 radical (unpaired) electrons. The molecule has 8 heteroatoms. The number of hydrogen-bond donors (Lipinski definition) is 1. The van der Waals surface area contributed by atoms with Crippen LogP contribution in [0.25, 0.3) is 10.9 Å². The zero-order valence-electron chi connectivity index (χ0n) is 15.1. The number of nitrogens with one attached hydrogen (secondary N) is 1. The van der Waals surface area contributed by atoms with Crippen LogP contribution in [0.15, 0.2) is 48.8 Å². The minimum absolute atomic E-state index is 0.00249. The Balaban J connectivity index is 1.36. The minimum atomic E-state index is -0.475. The molecule has 0 spiro atoms. The van der Waals surface area contributed by atoms with E-state index in [0.717, 1.165) is 22.0 Å². The lowest BCUT2D eigenvalue weighted by Crippen LogP contribution is -2.51. The summed E-state index contributed by atoms with van der Waals surface area (Å²) in [5.74, 6) is -0.127. The van der Waals surface area contributed by atoms with Crippen molar-refractivity contribution in [3.8, 4) is 0 Å². The van der Waals surface area contributed by atoms with E-state index >= 15 is 0 Å². The van der Waals surface area contributed by atoms with Gasteiger partial charge in [-0.15, -0.1) is 0 Å². The molecule has 0 bridgehead atoms. The Morgan fingerprint density at radius 1 is 1.21 bits per heavy atom. The molecule has 144 valence electrons. The molecule has 0 unspecified atom stereocenters. The number of piperazine rings is 1. The molecule has 2 amide bonds. The van der Waals surface area contributed by atoms with Gasteiger partial charge in [-0.05, 0) is 11.6 Å². The van der Waals surface area contributed by atoms with Crippen LogP contribution in [0.3, 0.4) is 0 Å². The van der Waals surface area contributed by atoms with Gasteiger partial charge in [-0.25, -0.2) is 9.78 Å². The van der Waals surface area contributed by atoms with Crippen LogP contribution in [-0.2, 0) is 22.7 Å². The molecule has 28 heavy (non-hydrogen) atoms. The maximum Gasteiger partial charge on any atom is 0.410 e. The Bertz CT molecular complexity index is 1010. The first kappa shape index (κ1) is 18.3. The van der Waals surface area contributed by atoms with E-state index in [-0.39, 0.29) is 19.1 Å². The Labute approximate surface area is 166 Å². The van der Waals surface area contributed by atoms with Crippen LogP contribution in [0.1, 0.15) is 11.1 Å². The second-order valence-electron chi connectivity index (χ2n) is 6.62. The van der Waals surface area contributed by atoms with E-state index in [9.17, 15) is 9.59 Å². The van der Waals surface area contributed by atoms with Crippen molar-refractivity contribution in [2.75, 3.05) is 19.6 Å². The van der Waals surface area contributed by atoms with Gasteiger partial charge in [-0.2, -0.15) is 0 Å². The van der Waals surface area contributed by atoms with Crippen LogP contribution in [0, 0.1) is 0 Å². The average molecular weight is 399 g/mol. The number of aromatic amines is 1. The lowest BCUT2D eigenvalue weighted by Gasteiger charge is -2.33. The van der Waals surface area contributed by atoms with Crippen LogP contribution >= 0.6 is 11.6 Å². The van der Waals surface area contributed by atoms with Crippen molar-refractivity contribution in [3.05, 3.63) is 65.1 Å². The normalized spacial score (nSPS) is 14.5. The molecule has 7 nitrogen and oxygen atoms in total. The molecule has 1 saturated heterocycles. The first-order valence-corrected chi connectivity index (χ1v) is 9.33. The van der Waals surface area contributed by atoms with Gasteiger partial charge in [-0.1, -0.05) is 41.9 Å².